The molecule has 0 aliphatic carbocycles. The molecule has 0 spiro atoms. The van der Waals surface area contributed by atoms with Crippen LogP contribution in [0.15, 0.2) is 18.2 Å². The van der Waals surface area contributed by atoms with Crippen LogP contribution in [0.1, 0.15) is 19.4 Å². The van der Waals surface area contributed by atoms with Gasteiger partial charge in [0.1, 0.15) is 0 Å². The number of halogens is 1. The fourth-order valence-electron chi connectivity index (χ4n) is 1.67. The van der Waals surface area contributed by atoms with Gasteiger partial charge in [0, 0.05) is 30.3 Å². The Bertz CT molecular complexity index is 421. The van der Waals surface area contributed by atoms with E-state index >= 15 is 0 Å². The molecule has 0 bridgehead atoms. The molecule has 1 amide bonds. The molecule has 0 aliphatic rings. The summed E-state index contributed by atoms with van der Waals surface area (Å²) < 4.78 is 0. The molecule has 0 aliphatic heterocycles. The minimum Gasteiger partial charge on any atom is -0.368 e. The molecule has 0 radical (unpaired) electrons. The molecule has 3 N–H and O–H groups in total. The number of nitrogens with zero attached hydrogens (tertiary/aromatic N) is 1. The van der Waals surface area contributed by atoms with Gasteiger partial charge in [0.05, 0.1) is 6.54 Å². The molecule has 0 saturated heterocycles. The van der Waals surface area contributed by atoms with Crippen LogP contribution in [0.4, 0.5) is 5.69 Å². The zero-order valence-electron chi connectivity index (χ0n) is 11.0. The van der Waals surface area contributed by atoms with Gasteiger partial charge in [-0.1, -0.05) is 31.5 Å². The number of likely N-dealkylation sites (N-methyl/N-ethyl adjacent to an activating group) is 1. The van der Waals surface area contributed by atoms with Crippen LogP contribution in [0.5, 0.6) is 0 Å². The van der Waals surface area contributed by atoms with E-state index in [1.165, 1.54) is 0 Å². The van der Waals surface area contributed by atoms with Gasteiger partial charge in [0.15, 0.2) is 0 Å². The molecule has 0 fully saturated rings. The number of amides is 1. The average Bonchev–Trinajstić information content (AvgIpc) is 2.26. The highest BCUT2D eigenvalue weighted by Crippen LogP contribution is 2.24. The number of nitrogens with one attached hydrogen (secondary N) is 1. The standard InChI is InChI=1S/C13H20ClN3O/c1-9(2)16-7-10-4-5-11(14)6-12(10)17(3)8-13(15)18/h4-6,9,16H,7-8H2,1-3H3,(H2,15,18). The highest BCUT2D eigenvalue weighted by atomic mass is 35.5. The van der Waals surface area contributed by atoms with Crippen molar-refractivity contribution in [3.63, 3.8) is 0 Å². The van der Waals surface area contributed by atoms with Gasteiger partial charge in [-0.25, -0.2) is 0 Å². The largest absolute Gasteiger partial charge is 0.368 e. The van der Waals surface area contributed by atoms with E-state index in [9.17, 15) is 4.79 Å². The molecule has 0 saturated carbocycles. The van der Waals surface area contributed by atoms with E-state index in [2.05, 4.69) is 19.2 Å². The van der Waals surface area contributed by atoms with Crippen LogP contribution in [-0.4, -0.2) is 25.5 Å². The molecule has 1 aromatic carbocycles. The minimum absolute atomic E-state index is 0.176. The van der Waals surface area contributed by atoms with Crippen LogP contribution in [0.2, 0.25) is 5.02 Å². The summed E-state index contributed by atoms with van der Waals surface area (Å²) in [6, 6.07) is 6.06. The number of benzene rings is 1. The smallest absolute Gasteiger partial charge is 0.236 e. The van der Waals surface area contributed by atoms with Crippen LogP contribution in [-0.2, 0) is 11.3 Å². The summed E-state index contributed by atoms with van der Waals surface area (Å²) >= 11 is 6.00. The van der Waals surface area contributed by atoms with Gasteiger partial charge in [-0.15, -0.1) is 0 Å². The molecular weight excluding hydrogens is 250 g/mol. The van der Waals surface area contributed by atoms with Crippen LogP contribution < -0.4 is 16.0 Å². The maximum atomic E-state index is 11.0. The lowest BCUT2D eigenvalue weighted by Gasteiger charge is -2.22. The summed E-state index contributed by atoms with van der Waals surface area (Å²) in [6.07, 6.45) is 0. The van der Waals surface area contributed by atoms with E-state index in [0.717, 1.165) is 17.8 Å². The van der Waals surface area contributed by atoms with Gasteiger partial charge < -0.3 is 16.0 Å². The predicted molar refractivity (Wildman–Crippen MR) is 75.9 cm³/mol. The fourth-order valence-corrected chi connectivity index (χ4v) is 1.84. The van der Waals surface area contributed by atoms with Crippen molar-refractivity contribution in [2.75, 3.05) is 18.5 Å². The van der Waals surface area contributed by atoms with Crippen molar-refractivity contribution in [2.45, 2.75) is 26.4 Å². The number of anilines is 1. The van der Waals surface area contributed by atoms with Crippen molar-refractivity contribution >= 4 is 23.2 Å². The predicted octanol–water partition coefficient (Wildman–Crippen LogP) is 1.76. The van der Waals surface area contributed by atoms with Gasteiger partial charge in [-0.2, -0.15) is 0 Å². The van der Waals surface area contributed by atoms with Gasteiger partial charge in [0.2, 0.25) is 5.91 Å². The topological polar surface area (TPSA) is 58.4 Å². The first-order valence-electron chi connectivity index (χ1n) is 5.91. The first kappa shape index (κ1) is 14.8. The van der Waals surface area contributed by atoms with Crippen molar-refractivity contribution in [1.82, 2.24) is 5.32 Å². The van der Waals surface area contributed by atoms with E-state index in [1.54, 1.807) is 0 Å². The van der Waals surface area contributed by atoms with E-state index in [1.807, 2.05) is 30.1 Å². The molecule has 0 aromatic heterocycles. The lowest BCUT2D eigenvalue weighted by atomic mass is 10.1. The molecule has 100 valence electrons. The third-order valence-corrected chi connectivity index (χ3v) is 2.79. The molecule has 0 atom stereocenters. The van der Waals surface area contributed by atoms with Crippen molar-refractivity contribution < 1.29 is 4.79 Å². The average molecular weight is 270 g/mol. The summed E-state index contributed by atoms with van der Waals surface area (Å²) in [5.74, 6) is -0.361. The van der Waals surface area contributed by atoms with Crippen LogP contribution in [0, 0.1) is 0 Å². The molecule has 5 heteroatoms. The van der Waals surface area contributed by atoms with Gasteiger partial charge >= 0.3 is 0 Å². The highest BCUT2D eigenvalue weighted by molar-refractivity contribution is 6.30. The Hall–Kier alpha value is -1.26. The maximum absolute atomic E-state index is 11.0. The van der Waals surface area contributed by atoms with Gasteiger partial charge in [-0.05, 0) is 17.7 Å². The maximum Gasteiger partial charge on any atom is 0.236 e. The van der Waals surface area contributed by atoms with Crippen molar-refractivity contribution in [2.24, 2.45) is 5.73 Å². The normalized spacial score (nSPS) is 10.7. The summed E-state index contributed by atoms with van der Waals surface area (Å²) in [7, 11) is 1.83. The molecule has 0 heterocycles. The second-order valence-electron chi connectivity index (χ2n) is 4.63. The zero-order chi connectivity index (χ0) is 13.7. The minimum atomic E-state index is -0.361. The Morgan fingerprint density at radius 2 is 2.17 bits per heavy atom. The molecule has 1 aromatic rings. The van der Waals surface area contributed by atoms with Gasteiger partial charge in [0.25, 0.3) is 0 Å². The first-order valence-corrected chi connectivity index (χ1v) is 6.29. The second-order valence-corrected chi connectivity index (χ2v) is 5.07. The summed E-state index contributed by atoms with van der Waals surface area (Å²) in [6.45, 7) is 5.08. The Labute approximate surface area is 113 Å². The van der Waals surface area contributed by atoms with Crippen LogP contribution in [0.25, 0.3) is 0 Å². The number of primary amides is 1. The second kappa shape index (κ2) is 6.61. The monoisotopic (exact) mass is 269 g/mol. The van der Waals surface area contributed by atoms with Crippen molar-refractivity contribution in [3.05, 3.63) is 28.8 Å². The summed E-state index contributed by atoms with van der Waals surface area (Å²) in [5.41, 5.74) is 7.23. The third-order valence-electron chi connectivity index (χ3n) is 2.55. The Kier molecular flexibility index (Phi) is 5.44. The van der Waals surface area contributed by atoms with E-state index in [-0.39, 0.29) is 12.5 Å². The lowest BCUT2D eigenvalue weighted by molar-refractivity contribution is -0.116. The molecule has 0 unspecified atom stereocenters. The molecule has 18 heavy (non-hydrogen) atoms. The van der Waals surface area contributed by atoms with Crippen molar-refractivity contribution in [1.29, 1.82) is 0 Å². The number of nitrogens with two attached hydrogens (primary N) is 1. The third kappa shape index (κ3) is 4.55. The Morgan fingerprint density at radius 3 is 2.72 bits per heavy atom. The Balaban J connectivity index is 2.91. The number of hydrogen-bond acceptors (Lipinski definition) is 3. The van der Waals surface area contributed by atoms with Crippen LogP contribution >= 0.6 is 11.6 Å². The van der Waals surface area contributed by atoms with Crippen LogP contribution in [0.3, 0.4) is 0 Å². The summed E-state index contributed by atoms with van der Waals surface area (Å²) in [4.78, 5) is 12.8. The molecule has 4 nitrogen and oxygen atoms in total. The Morgan fingerprint density at radius 1 is 1.50 bits per heavy atom. The number of rotatable bonds is 6. The van der Waals surface area contributed by atoms with E-state index in [4.69, 9.17) is 17.3 Å². The fraction of sp³-hybridized carbons (Fsp3) is 0.462. The number of hydrogen-bond donors (Lipinski definition) is 2. The van der Waals surface area contributed by atoms with Crippen molar-refractivity contribution in [3.8, 4) is 0 Å². The van der Waals surface area contributed by atoms with Gasteiger partial charge in [-0.3, -0.25) is 4.79 Å². The first-order chi connectivity index (χ1) is 8.40. The lowest BCUT2D eigenvalue weighted by Crippen LogP contribution is -2.32. The zero-order valence-corrected chi connectivity index (χ0v) is 11.8. The van der Waals surface area contributed by atoms with E-state index in [0.29, 0.717) is 11.1 Å². The number of carbonyl (C=O) groups excluding carboxylic acids is 1. The molecule has 1 rings (SSSR count). The highest BCUT2D eigenvalue weighted by Gasteiger charge is 2.10. The molecular formula is C13H20ClN3O. The number of carbonyl (C=O) groups is 1. The SMILES string of the molecule is CC(C)NCc1ccc(Cl)cc1N(C)CC(N)=O. The van der Waals surface area contributed by atoms with E-state index < -0.39 is 0 Å². The quantitative estimate of drug-likeness (QED) is 0.827. The summed E-state index contributed by atoms with van der Waals surface area (Å²) in [5, 5.41) is 3.99.